The summed E-state index contributed by atoms with van der Waals surface area (Å²) in [5, 5.41) is 11.9. The third-order valence-electron chi connectivity index (χ3n) is 2.26. The summed E-state index contributed by atoms with van der Waals surface area (Å²) in [7, 11) is 0. The highest BCUT2D eigenvalue weighted by atomic mass is 32.2. The van der Waals surface area contributed by atoms with Crippen LogP contribution in [0.25, 0.3) is 0 Å². The van der Waals surface area contributed by atoms with E-state index in [1.54, 1.807) is 12.1 Å². The predicted molar refractivity (Wildman–Crippen MR) is 64.0 cm³/mol. The highest BCUT2D eigenvalue weighted by Crippen LogP contribution is 2.21. The van der Waals surface area contributed by atoms with Crippen LogP contribution < -0.4 is 5.32 Å². The van der Waals surface area contributed by atoms with Gasteiger partial charge in [0, 0.05) is 12.6 Å². The van der Waals surface area contributed by atoms with Gasteiger partial charge >= 0.3 is 0 Å². The topological polar surface area (TPSA) is 45.4 Å². The molecule has 1 atom stereocenters. The van der Waals surface area contributed by atoms with Crippen LogP contribution in [0, 0.1) is 0 Å². The van der Waals surface area contributed by atoms with Gasteiger partial charge in [0.2, 0.25) is 0 Å². The number of halogens is 2. The van der Waals surface area contributed by atoms with E-state index < -0.39 is 5.76 Å². The van der Waals surface area contributed by atoms with Gasteiger partial charge < -0.3 is 14.8 Å². The number of hydrogen-bond donors (Lipinski definition) is 2. The summed E-state index contributed by atoms with van der Waals surface area (Å²) < 4.78 is 29.3. The molecule has 0 radical (unpaired) electrons. The molecule has 1 aromatic rings. The number of thioether (sulfide) groups is 1. The van der Waals surface area contributed by atoms with Gasteiger partial charge in [0.1, 0.15) is 11.5 Å². The number of alkyl halides is 2. The summed E-state index contributed by atoms with van der Waals surface area (Å²) in [6.07, 6.45) is 0.675. The summed E-state index contributed by atoms with van der Waals surface area (Å²) in [4.78, 5) is 0. The molecular weight excluding hydrogens is 248 g/mol. The molecule has 6 heteroatoms. The molecule has 17 heavy (non-hydrogen) atoms. The maximum Gasteiger partial charge on any atom is 0.284 e. The smallest absolute Gasteiger partial charge is 0.284 e. The van der Waals surface area contributed by atoms with Crippen molar-refractivity contribution in [2.75, 3.05) is 6.61 Å². The number of aliphatic hydroxyl groups excluding tert-OH is 1. The van der Waals surface area contributed by atoms with Crippen LogP contribution in [0.1, 0.15) is 24.9 Å². The van der Waals surface area contributed by atoms with Crippen LogP contribution in [-0.4, -0.2) is 23.5 Å². The largest absolute Gasteiger partial charge is 0.464 e. The molecule has 3 nitrogen and oxygen atoms in total. The molecule has 1 rings (SSSR count). The first-order chi connectivity index (χ1) is 8.11. The van der Waals surface area contributed by atoms with Crippen LogP contribution in [0.15, 0.2) is 16.5 Å². The van der Waals surface area contributed by atoms with Crippen molar-refractivity contribution >= 4 is 11.8 Å². The Labute approximate surface area is 104 Å². The lowest BCUT2D eigenvalue weighted by molar-refractivity contribution is 0.251. The molecule has 0 amide bonds. The van der Waals surface area contributed by atoms with E-state index in [4.69, 9.17) is 9.52 Å². The minimum atomic E-state index is -2.37. The van der Waals surface area contributed by atoms with Crippen LogP contribution in [0.5, 0.6) is 0 Å². The molecule has 0 aliphatic carbocycles. The molecule has 0 aliphatic heterocycles. The maximum atomic E-state index is 12.0. The van der Waals surface area contributed by atoms with Gasteiger partial charge in [0.05, 0.1) is 12.3 Å². The monoisotopic (exact) mass is 265 g/mol. The SMILES string of the molecule is CC(CCO)NCc1ccc(CSC(F)F)o1. The van der Waals surface area contributed by atoms with E-state index in [-0.39, 0.29) is 18.4 Å². The molecule has 1 aromatic heterocycles. The van der Waals surface area contributed by atoms with Crippen molar-refractivity contribution in [1.29, 1.82) is 0 Å². The fourth-order valence-corrected chi connectivity index (χ4v) is 1.76. The van der Waals surface area contributed by atoms with E-state index in [9.17, 15) is 8.78 Å². The third kappa shape index (κ3) is 6.05. The van der Waals surface area contributed by atoms with Gasteiger partial charge in [-0.2, -0.15) is 8.78 Å². The number of hydrogen-bond acceptors (Lipinski definition) is 4. The summed E-state index contributed by atoms with van der Waals surface area (Å²) in [6.45, 7) is 2.65. The Morgan fingerprint density at radius 1 is 1.41 bits per heavy atom. The average molecular weight is 265 g/mol. The zero-order chi connectivity index (χ0) is 12.7. The molecule has 1 heterocycles. The minimum absolute atomic E-state index is 0.141. The molecule has 2 N–H and O–H groups in total. The fourth-order valence-electron chi connectivity index (χ4n) is 1.31. The van der Waals surface area contributed by atoms with Crippen molar-refractivity contribution in [1.82, 2.24) is 5.32 Å². The lowest BCUT2D eigenvalue weighted by Crippen LogP contribution is -2.26. The van der Waals surface area contributed by atoms with E-state index in [2.05, 4.69) is 5.32 Å². The Kier molecular flexibility index (Phi) is 6.54. The Bertz CT molecular complexity index is 320. The zero-order valence-corrected chi connectivity index (χ0v) is 10.5. The fraction of sp³-hybridized carbons (Fsp3) is 0.636. The number of nitrogens with one attached hydrogen (secondary N) is 1. The molecule has 0 spiro atoms. The van der Waals surface area contributed by atoms with E-state index in [1.165, 1.54) is 0 Å². The van der Waals surface area contributed by atoms with Gasteiger partial charge in [-0.15, -0.1) is 0 Å². The molecule has 0 bridgehead atoms. The van der Waals surface area contributed by atoms with Crippen LogP contribution in [0.2, 0.25) is 0 Å². The van der Waals surface area contributed by atoms with Crippen molar-refractivity contribution in [2.24, 2.45) is 0 Å². The second-order valence-electron chi connectivity index (χ2n) is 3.73. The quantitative estimate of drug-likeness (QED) is 0.758. The van der Waals surface area contributed by atoms with Crippen molar-refractivity contribution < 1.29 is 18.3 Å². The highest BCUT2D eigenvalue weighted by Gasteiger charge is 2.08. The van der Waals surface area contributed by atoms with Crippen molar-refractivity contribution in [3.05, 3.63) is 23.7 Å². The molecule has 0 fully saturated rings. The van der Waals surface area contributed by atoms with Gasteiger partial charge in [-0.25, -0.2) is 0 Å². The van der Waals surface area contributed by atoms with E-state index in [1.807, 2.05) is 6.92 Å². The summed E-state index contributed by atoms with van der Waals surface area (Å²) in [5.41, 5.74) is 0. The summed E-state index contributed by atoms with van der Waals surface area (Å²) in [6, 6.07) is 3.69. The standard InChI is InChI=1S/C11H17F2NO2S/c1-8(4-5-15)14-6-9-2-3-10(16-9)7-17-11(12)13/h2-3,8,11,14-15H,4-7H2,1H3. The normalized spacial score (nSPS) is 13.2. The number of furan rings is 1. The van der Waals surface area contributed by atoms with Crippen LogP contribution in [0.4, 0.5) is 8.78 Å². The molecule has 0 saturated carbocycles. The Balaban J connectivity index is 2.30. The van der Waals surface area contributed by atoms with Gasteiger partial charge in [-0.3, -0.25) is 0 Å². The van der Waals surface area contributed by atoms with Gasteiger partial charge in [0.25, 0.3) is 5.76 Å². The second-order valence-corrected chi connectivity index (χ2v) is 4.71. The first-order valence-electron chi connectivity index (χ1n) is 5.43. The summed E-state index contributed by atoms with van der Waals surface area (Å²) >= 11 is 0.550. The Hall–Kier alpha value is -0.590. The summed E-state index contributed by atoms with van der Waals surface area (Å²) in [5.74, 6) is -0.906. The van der Waals surface area contributed by atoms with Crippen LogP contribution in [-0.2, 0) is 12.3 Å². The first kappa shape index (κ1) is 14.5. The first-order valence-corrected chi connectivity index (χ1v) is 6.48. The molecule has 0 saturated heterocycles. The average Bonchev–Trinajstić information content (AvgIpc) is 2.72. The Morgan fingerprint density at radius 2 is 2.12 bits per heavy atom. The predicted octanol–water partition coefficient (Wildman–Crippen LogP) is 2.60. The van der Waals surface area contributed by atoms with Crippen LogP contribution in [0.3, 0.4) is 0 Å². The highest BCUT2D eigenvalue weighted by molar-refractivity contribution is 7.98. The van der Waals surface area contributed by atoms with Crippen molar-refractivity contribution in [2.45, 2.75) is 37.4 Å². The zero-order valence-electron chi connectivity index (χ0n) is 9.66. The lowest BCUT2D eigenvalue weighted by atomic mass is 10.2. The van der Waals surface area contributed by atoms with E-state index in [0.29, 0.717) is 30.5 Å². The molecular formula is C11H17F2NO2S. The van der Waals surface area contributed by atoms with Crippen LogP contribution >= 0.6 is 11.8 Å². The molecule has 0 aliphatic rings. The minimum Gasteiger partial charge on any atom is -0.464 e. The lowest BCUT2D eigenvalue weighted by Gasteiger charge is -2.10. The molecule has 98 valence electrons. The molecule has 1 unspecified atom stereocenters. The number of rotatable bonds is 8. The second kappa shape index (κ2) is 7.68. The van der Waals surface area contributed by atoms with E-state index >= 15 is 0 Å². The van der Waals surface area contributed by atoms with E-state index in [0.717, 1.165) is 5.76 Å². The van der Waals surface area contributed by atoms with Crippen molar-refractivity contribution in [3.63, 3.8) is 0 Å². The number of aliphatic hydroxyl groups is 1. The maximum absolute atomic E-state index is 12.0. The van der Waals surface area contributed by atoms with Crippen molar-refractivity contribution in [3.8, 4) is 0 Å². The van der Waals surface area contributed by atoms with Gasteiger partial charge in [-0.1, -0.05) is 11.8 Å². The molecule has 0 aromatic carbocycles. The van der Waals surface area contributed by atoms with Gasteiger partial charge in [-0.05, 0) is 25.5 Å². The van der Waals surface area contributed by atoms with Gasteiger partial charge in [0.15, 0.2) is 0 Å². The Morgan fingerprint density at radius 3 is 2.76 bits per heavy atom. The third-order valence-corrected chi connectivity index (χ3v) is 2.96.